The predicted octanol–water partition coefficient (Wildman–Crippen LogP) is 2.95. The van der Waals surface area contributed by atoms with Crippen LogP contribution in [0.3, 0.4) is 0 Å². The van der Waals surface area contributed by atoms with Crippen molar-refractivity contribution in [2.75, 3.05) is 33.7 Å². The summed E-state index contributed by atoms with van der Waals surface area (Å²) in [4.78, 5) is 7.28. The van der Waals surface area contributed by atoms with E-state index in [9.17, 15) is 8.42 Å². The average Bonchev–Trinajstić information content (AvgIpc) is 2.78. The molecular formula is C23H32N4O3S. The molecule has 1 fully saturated rings. The molecule has 168 valence electrons. The monoisotopic (exact) mass is 444 g/mol. The molecule has 0 aliphatic carbocycles. The Balaban J connectivity index is 1.68. The van der Waals surface area contributed by atoms with Crippen molar-refractivity contribution in [3.05, 3.63) is 60.2 Å². The summed E-state index contributed by atoms with van der Waals surface area (Å²) in [6, 6.07) is 17.0. The number of nitrogens with one attached hydrogen (secondary N) is 1. The second-order valence-corrected chi connectivity index (χ2v) is 9.80. The van der Waals surface area contributed by atoms with E-state index >= 15 is 0 Å². The molecule has 1 aliphatic rings. The van der Waals surface area contributed by atoms with Crippen molar-refractivity contribution in [1.29, 1.82) is 0 Å². The molecule has 0 saturated carbocycles. The fourth-order valence-corrected chi connectivity index (χ4v) is 4.65. The molecule has 8 heteroatoms. The number of sulfonamides is 1. The molecule has 31 heavy (non-hydrogen) atoms. The van der Waals surface area contributed by atoms with Crippen LogP contribution in [0.4, 0.5) is 0 Å². The van der Waals surface area contributed by atoms with Crippen molar-refractivity contribution in [3.63, 3.8) is 0 Å². The Morgan fingerprint density at radius 3 is 2.39 bits per heavy atom. The molecule has 0 bridgehead atoms. The van der Waals surface area contributed by atoms with E-state index < -0.39 is 10.0 Å². The van der Waals surface area contributed by atoms with Crippen LogP contribution in [0.25, 0.3) is 0 Å². The van der Waals surface area contributed by atoms with Crippen LogP contribution in [0, 0.1) is 0 Å². The number of hydrogen-bond acceptors (Lipinski definition) is 4. The minimum Gasteiger partial charge on any atom is -0.490 e. The van der Waals surface area contributed by atoms with E-state index in [-0.39, 0.29) is 6.10 Å². The van der Waals surface area contributed by atoms with Crippen molar-refractivity contribution in [3.8, 4) is 5.75 Å². The van der Waals surface area contributed by atoms with Crippen LogP contribution < -0.4 is 10.1 Å². The highest BCUT2D eigenvalue weighted by Gasteiger charge is 2.24. The molecule has 0 radical (unpaired) electrons. The summed E-state index contributed by atoms with van der Waals surface area (Å²) in [7, 11) is -0.431. The highest BCUT2D eigenvalue weighted by Crippen LogP contribution is 2.21. The van der Waals surface area contributed by atoms with Gasteiger partial charge in [0.25, 0.3) is 0 Å². The maximum Gasteiger partial charge on any atom is 0.242 e. The Morgan fingerprint density at radius 2 is 1.74 bits per heavy atom. The SMILES string of the molecule is CCNC(=NCc1ccccc1S(=O)(=O)N(C)C)N1CCC(Oc2ccccc2)CC1. The molecule has 1 N–H and O–H groups in total. The molecule has 7 nitrogen and oxygen atoms in total. The number of likely N-dealkylation sites (tertiary alicyclic amines) is 1. The summed E-state index contributed by atoms with van der Waals surface area (Å²) in [6.07, 6.45) is 2.00. The second kappa shape index (κ2) is 10.6. The van der Waals surface area contributed by atoms with Gasteiger partial charge in [-0.15, -0.1) is 0 Å². The second-order valence-electron chi connectivity index (χ2n) is 7.68. The highest BCUT2D eigenvalue weighted by atomic mass is 32.2. The minimum absolute atomic E-state index is 0.187. The molecule has 2 aromatic rings. The van der Waals surface area contributed by atoms with Crippen molar-refractivity contribution < 1.29 is 13.2 Å². The largest absolute Gasteiger partial charge is 0.490 e. The third-order valence-corrected chi connectivity index (χ3v) is 7.17. The van der Waals surface area contributed by atoms with Gasteiger partial charge in [-0.3, -0.25) is 0 Å². The van der Waals surface area contributed by atoms with Gasteiger partial charge in [0.2, 0.25) is 10.0 Å². The molecule has 1 heterocycles. The van der Waals surface area contributed by atoms with Gasteiger partial charge in [-0.1, -0.05) is 36.4 Å². The lowest BCUT2D eigenvalue weighted by atomic mass is 10.1. The first-order valence-corrected chi connectivity index (χ1v) is 12.1. The molecule has 3 rings (SSSR count). The molecule has 0 unspecified atom stereocenters. The van der Waals surface area contributed by atoms with Crippen LogP contribution in [0.15, 0.2) is 64.5 Å². The molecule has 0 spiro atoms. The zero-order valence-corrected chi connectivity index (χ0v) is 19.3. The number of piperidine rings is 1. The summed E-state index contributed by atoms with van der Waals surface area (Å²) in [5.74, 6) is 1.71. The van der Waals surface area contributed by atoms with E-state index in [1.165, 1.54) is 4.31 Å². The number of nitrogens with zero attached hydrogens (tertiary/aromatic N) is 3. The number of ether oxygens (including phenoxy) is 1. The molecule has 0 atom stereocenters. The molecule has 0 aromatic heterocycles. The topological polar surface area (TPSA) is 74.2 Å². The van der Waals surface area contributed by atoms with Gasteiger partial charge >= 0.3 is 0 Å². The zero-order chi connectivity index (χ0) is 22.3. The smallest absolute Gasteiger partial charge is 0.242 e. The van der Waals surface area contributed by atoms with E-state index in [0.717, 1.165) is 44.2 Å². The summed E-state index contributed by atoms with van der Waals surface area (Å²) < 4.78 is 32.6. The van der Waals surface area contributed by atoms with Gasteiger partial charge in [0.15, 0.2) is 5.96 Å². The van der Waals surface area contributed by atoms with E-state index in [1.54, 1.807) is 26.2 Å². The quantitative estimate of drug-likeness (QED) is 0.525. The Kier molecular flexibility index (Phi) is 7.92. The lowest BCUT2D eigenvalue weighted by Crippen LogP contribution is -2.47. The van der Waals surface area contributed by atoms with Crippen LogP contribution >= 0.6 is 0 Å². The van der Waals surface area contributed by atoms with Gasteiger partial charge in [0.05, 0.1) is 11.4 Å². The van der Waals surface area contributed by atoms with E-state index in [0.29, 0.717) is 17.0 Å². The number of para-hydroxylation sites is 1. The maximum atomic E-state index is 12.6. The lowest BCUT2D eigenvalue weighted by molar-refractivity contribution is 0.129. The van der Waals surface area contributed by atoms with Crippen LogP contribution in [0.2, 0.25) is 0 Å². The first kappa shape index (κ1) is 23.1. The highest BCUT2D eigenvalue weighted by molar-refractivity contribution is 7.89. The van der Waals surface area contributed by atoms with E-state index in [1.807, 2.05) is 49.4 Å². The predicted molar refractivity (Wildman–Crippen MR) is 124 cm³/mol. The summed E-state index contributed by atoms with van der Waals surface area (Å²) >= 11 is 0. The molecule has 2 aromatic carbocycles. The molecule has 0 amide bonds. The first-order chi connectivity index (χ1) is 14.9. The first-order valence-electron chi connectivity index (χ1n) is 10.7. The molecule has 1 saturated heterocycles. The van der Waals surface area contributed by atoms with Crippen LogP contribution in [0.1, 0.15) is 25.3 Å². The third kappa shape index (κ3) is 5.98. The third-order valence-electron chi connectivity index (χ3n) is 5.25. The fourth-order valence-electron chi connectivity index (χ4n) is 3.55. The molecular weight excluding hydrogens is 412 g/mol. The van der Waals surface area contributed by atoms with Gasteiger partial charge in [-0.25, -0.2) is 17.7 Å². The average molecular weight is 445 g/mol. The van der Waals surface area contributed by atoms with E-state index in [2.05, 4.69) is 10.2 Å². The van der Waals surface area contributed by atoms with Gasteiger partial charge in [-0.2, -0.15) is 0 Å². The van der Waals surface area contributed by atoms with Crippen molar-refractivity contribution >= 4 is 16.0 Å². The molecule has 1 aliphatic heterocycles. The standard InChI is InChI=1S/C23H32N4O3S/c1-4-24-23(25-18-19-10-8-9-13-22(19)31(28,29)26(2)3)27-16-14-21(15-17-27)30-20-11-6-5-7-12-20/h5-13,21H,4,14-18H2,1-3H3,(H,24,25). The van der Waals surface area contributed by atoms with Gasteiger partial charge in [0, 0.05) is 46.6 Å². The summed E-state index contributed by atoms with van der Waals surface area (Å²) in [6.45, 7) is 4.75. The normalized spacial score (nSPS) is 15.9. The van der Waals surface area contributed by atoms with Crippen LogP contribution in [0.5, 0.6) is 5.75 Å². The van der Waals surface area contributed by atoms with Crippen LogP contribution in [-0.2, 0) is 16.6 Å². The van der Waals surface area contributed by atoms with Crippen molar-refractivity contribution in [1.82, 2.24) is 14.5 Å². The Hall–Kier alpha value is -2.58. The number of rotatable bonds is 7. The Bertz CT molecular complexity index is 969. The minimum atomic E-state index is -3.52. The Morgan fingerprint density at radius 1 is 1.10 bits per heavy atom. The Labute approximate surface area is 185 Å². The van der Waals surface area contributed by atoms with Crippen LogP contribution in [-0.4, -0.2) is 63.4 Å². The van der Waals surface area contributed by atoms with E-state index in [4.69, 9.17) is 9.73 Å². The van der Waals surface area contributed by atoms with Gasteiger partial charge in [0.1, 0.15) is 11.9 Å². The number of aliphatic imine (C=N–C) groups is 1. The number of benzene rings is 2. The van der Waals surface area contributed by atoms with Crippen molar-refractivity contribution in [2.24, 2.45) is 4.99 Å². The number of guanidine groups is 1. The lowest BCUT2D eigenvalue weighted by Gasteiger charge is -2.34. The number of hydrogen-bond donors (Lipinski definition) is 1. The zero-order valence-electron chi connectivity index (χ0n) is 18.5. The fraction of sp³-hybridized carbons (Fsp3) is 0.435. The van der Waals surface area contributed by atoms with Gasteiger partial charge in [-0.05, 0) is 30.7 Å². The summed E-state index contributed by atoms with van der Waals surface area (Å²) in [5.41, 5.74) is 0.689. The maximum absolute atomic E-state index is 12.6. The summed E-state index contributed by atoms with van der Waals surface area (Å²) in [5, 5.41) is 3.34. The van der Waals surface area contributed by atoms with Crippen molar-refractivity contribution in [2.45, 2.75) is 37.3 Å². The van der Waals surface area contributed by atoms with Gasteiger partial charge < -0.3 is 15.0 Å².